The molecule has 0 amide bonds. The summed E-state index contributed by atoms with van der Waals surface area (Å²) in [6.45, 7) is 0. The molecule has 3 heteroatoms. The lowest BCUT2D eigenvalue weighted by molar-refractivity contribution is -0.135. The Morgan fingerprint density at radius 1 is 1.38 bits per heavy atom. The lowest BCUT2D eigenvalue weighted by Crippen LogP contribution is -2.28. The number of carbonyl (C=O) groups is 1. The van der Waals surface area contributed by atoms with Gasteiger partial charge in [-0.3, -0.25) is 0 Å². The van der Waals surface area contributed by atoms with Crippen LogP contribution in [0.25, 0.3) is 0 Å². The number of rotatable bonds is 2. The lowest BCUT2D eigenvalue weighted by Gasteiger charge is -2.28. The second kappa shape index (κ2) is 4.42. The highest BCUT2D eigenvalue weighted by Crippen LogP contribution is 2.28. The van der Waals surface area contributed by atoms with E-state index in [9.17, 15) is 9.90 Å². The van der Waals surface area contributed by atoms with Crippen molar-refractivity contribution in [2.45, 2.75) is 37.7 Å². The van der Waals surface area contributed by atoms with Gasteiger partial charge in [0.2, 0.25) is 0 Å². The van der Waals surface area contributed by atoms with Crippen LogP contribution < -0.4 is 0 Å². The molecule has 1 aliphatic rings. The second-order valence-electron chi connectivity index (χ2n) is 3.52. The van der Waals surface area contributed by atoms with Crippen LogP contribution in [0.1, 0.15) is 32.1 Å². The van der Waals surface area contributed by atoms with Crippen molar-refractivity contribution in [1.82, 2.24) is 0 Å². The number of ether oxygens (including phenoxy) is 1. The summed E-state index contributed by atoms with van der Waals surface area (Å²) in [5, 5.41) is 9.92. The van der Waals surface area contributed by atoms with Crippen LogP contribution in [0, 0.1) is 0 Å². The fourth-order valence-electron chi connectivity index (χ4n) is 1.62. The van der Waals surface area contributed by atoms with Gasteiger partial charge in [-0.1, -0.05) is 19.3 Å². The van der Waals surface area contributed by atoms with Gasteiger partial charge in [0.05, 0.1) is 12.7 Å². The molecule has 0 aliphatic heterocycles. The zero-order valence-electron chi connectivity index (χ0n) is 7.95. The zero-order valence-corrected chi connectivity index (χ0v) is 7.95. The van der Waals surface area contributed by atoms with Gasteiger partial charge in [-0.05, 0) is 18.9 Å². The molecule has 0 aromatic carbocycles. The average Bonchev–Trinajstić information content (AvgIpc) is 2.15. The molecule has 0 radical (unpaired) electrons. The summed E-state index contributed by atoms with van der Waals surface area (Å²) in [4.78, 5) is 10.8. The minimum atomic E-state index is -0.771. The fourth-order valence-corrected chi connectivity index (χ4v) is 1.62. The first-order chi connectivity index (χ1) is 6.16. The lowest BCUT2D eigenvalue weighted by atomic mass is 9.85. The summed E-state index contributed by atoms with van der Waals surface area (Å²) < 4.78 is 4.45. The Kier molecular flexibility index (Phi) is 3.48. The van der Waals surface area contributed by atoms with Crippen LogP contribution in [0.15, 0.2) is 12.2 Å². The maximum Gasteiger partial charge on any atom is 0.330 e. The molecule has 1 fully saturated rings. The molecule has 0 spiro atoms. The van der Waals surface area contributed by atoms with E-state index >= 15 is 0 Å². The van der Waals surface area contributed by atoms with Crippen LogP contribution in [-0.2, 0) is 9.53 Å². The van der Waals surface area contributed by atoms with E-state index in [2.05, 4.69) is 4.74 Å². The molecule has 0 saturated heterocycles. The number of hydrogen-bond acceptors (Lipinski definition) is 3. The first-order valence-corrected chi connectivity index (χ1v) is 4.66. The number of aliphatic hydroxyl groups is 1. The van der Waals surface area contributed by atoms with Crippen LogP contribution >= 0.6 is 0 Å². The van der Waals surface area contributed by atoms with Gasteiger partial charge >= 0.3 is 5.97 Å². The van der Waals surface area contributed by atoms with E-state index in [-0.39, 0.29) is 0 Å². The Balaban J connectivity index is 2.49. The quantitative estimate of drug-likeness (QED) is 0.521. The van der Waals surface area contributed by atoms with Crippen molar-refractivity contribution in [1.29, 1.82) is 0 Å². The highest BCUT2D eigenvalue weighted by molar-refractivity contribution is 5.81. The molecule has 13 heavy (non-hydrogen) atoms. The monoisotopic (exact) mass is 184 g/mol. The molecule has 1 rings (SSSR count). The summed E-state index contributed by atoms with van der Waals surface area (Å²) in [5.74, 6) is -0.404. The van der Waals surface area contributed by atoms with Crippen LogP contribution in [0.2, 0.25) is 0 Å². The van der Waals surface area contributed by atoms with Gasteiger partial charge in [0, 0.05) is 6.08 Å². The minimum Gasteiger partial charge on any atom is -0.466 e. The molecule has 74 valence electrons. The molecule has 1 saturated carbocycles. The molecule has 0 heterocycles. The van der Waals surface area contributed by atoms with Crippen LogP contribution in [0.5, 0.6) is 0 Å². The molecule has 1 N–H and O–H groups in total. The molecular weight excluding hydrogens is 168 g/mol. The third kappa shape index (κ3) is 3.19. The predicted molar refractivity (Wildman–Crippen MR) is 49.2 cm³/mol. The normalized spacial score (nSPS) is 21.7. The summed E-state index contributed by atoms with van der Waals surface area (Å²) >= 11 is 0. The Bertz CT molecular complexity index is 202. The van der Waals surface area contributed by atoms with Gasteiger partial charge in [0.25, 0.3) is 0 Å². The van der Waals surface area contributed by atoms with Crippen LogP contribution in [0.3, 0.4) is 0 Å². The van der Waals surface area contributed by atoms with E-state index in [0.717, 1.165) is 25.7 Å². The zero-order chi connectivity index (χ0) is 9.73. The molecule has 3 nitrogen and oxygen atoms in total. The van der Waals surface area contributed by atoms with Crippen LogP contribution in [-0.4, -0.2) is 23.8 Å². The number of esters is 1. The third-order valence-electron chi connectivity index (χ3n) is 2.45. The minimum absolute atomic E-state index is 0.404. The Morgan fingerprint density at radius 2 is 2.00 bits per heavy atom. The Morgan fingerprint density at radius 3 is 2.54 bits per heavy atom. The van der Waals surface area contributed by atoms with E-state index in [1.165, 1.54) is 19.6 Å². The average molecular weight is 184 g/mol. The van der Waals surface area contributed by atoms with Crippen molar-refractivity contribution in [3.8, 4) is 0 Å². The summed E-state index contributed by atoms with van der Waals surface area (Å²) in [6, 6.07) is 0. The molecular formula is C10H16O3. The third-order valence-corrected chi connectivity index (χ3v) is 2.45. The maximum absolute atomic E-state index is 10.8. The number of carbonyl (C=O) groups excluding carboxylic acids is 1. The first-order valence-electron chi connectivity index (χ1n) is 4.66. The summed E-state index contributed by atoms with van der Waals surface area (Å²) in [6.07, 6.45) is 7.61. The largest absolute Gasteiger partial charge is 0.466 e. The van der Waals surface area contributed by atoms with Gasteiger partial charge in [-0.2, -0.15) is 0 Å². The number of methoxy groups -OCH3 is 1. The molecule has 0 bridgehead atoms. The molecule has 0 unspecified atom stereocenters. The first kappa shape index (κ1) is 10.3. The smallest absolute Gasteiger partial charge is 0.330 e. The van der Waals surface area contributed by atoms with E-state index < -0.39 is 11.6 Å². The Hall–Kier alpha value is -0.830. The Labute approximate surface area is 78.4 Å². The predicted octanol–water partition coefficient (Wildman–Crippen LogP) is 1.41. The van der Waals surface area contributed by atoms with E-state index in [4.69, 9.17) is 0 Å². The van der Waals surface area contributed by atoms with Gasteiger partial charge in [0.1, 0.15) is 0 Å². The van der Waals surface area contributed by atoms with Gasteiger partial charge in [-0.15, -0.1) is 0 Å². The standard InChI is InChI=1S/C10H16O3/c1-13-9(11)5-8-10(12)6-3-2-4-7-10/h5,8,12H,2-4,6-7H2,1H3/b8-5+. The van der Waals surface area contributed by atoms with Gasteiger partial charge in [-0.25, -0.2) is 4.79 Å². The van der Waals surface area contributed by atoms with E-state index in [1.54, 1.807) is 6.08 Å². The highest BCUT2D eigenvalue weighted by Gasteiger charge is 2.25. The van der Waals surface area contributed by atoms with Crippen molar-refractivity contribution >= 4 is 5.97 Å². The highest BCUT2D eigenvalue weighted by atomic mass is 16.5. The van der Waals surface area contributed by atoms with Crippen molar-refractivity contribution in [3.63, 3.8) is 0 Å². The van der Waals surface area contributed by atoms with Gasteiger partial charge < -0.3 is 9.84 Å². The molecule has 0 aromatic heterocycles. The van der Waals surface area contributed by atoms with E-state index in [0.29, 0.717) is 0 Å². The summed E-state index contributed by atoms with van der Waals surface area (Å²) in [7, 11) is 1.33. The summed E-state index contributed by atoms with van der Waals surface area (Å²) in [5.41, 5.74) is -0.771. The molecule has 0 atom stereocenters. The SMILES string of the molecule is COC(=O)/C=C/C1(O)CCCCC1. The molecule has 0 aromatic rings. The van der Waals surface area contributed by atoms with E-state index in [1.807, 2.05) is 0 Å². The van der Waals surface area contributed by atoms with Crippen molar-refractivity contribution in [2.24, 2.45) is 0 Å². The second-order valence-corrected chi connectivity index (χ2v) is 3.52. The van der Waals surface area contributed by atoms with Crippen molar-refractivity contribution in [3.05, 3.63) is 12.2 Å². The molecule has 1 aliphatic carbocycles. The maximum atomic E-state index is 10.8. The topological polar surface area (TPSA) is 46.5 Å². The van der Waals surface area contributed by atoms with Crippen LogP contribution in [0.4, 0.5) is 0 Å². The van der Waals surface area contributed by atoms with Crippen molar-refractivity contribution < 1.29 is 14.6 Å². The van der Waals surface area contributed by atoms with Crippen molar-refractivity contribution in [2.75, 3.05) is 7.11 Å². The fraction of sp³-hybridized carbons (Fsp3) is 0.700. The van der Waals surface area contributed by atoms with Gasteiger partial charge in [0.15, 0.2) is 0 Å². The number of hydrogen-bond donors (Lipinski definition) is 1.